The number of carbonyl (C=O) groups is 3. The largest absolute Gasteiger partial charge is 0.481 e. The zero-order valence-corrected chi connectivity index (χ0v) is 35.1. The van der Waals surface area contributed by atoms with Gasteiger partial charge in [-0.2, -0.15) is 0 Å². The maximum atomic E-state index is 14.1. The van der Waals surface area contributed by atoms with Gasteiger partial charge in [-0.15, -0.1) is 0 Å². The Morgan fingerprint density at radius 1 is 0.906 bits per heavy atom. The average Bonchev–Trinajstić information content (AvgIpc) is 3.35. The van der Waals surface area contributed by atoms with E-state index >= 15 is 0 Å². The van der Waals surface area contributed by atoms with Crippen molar-refractivity contribution in [2.45, 2.75) is 151 Å². The molecule has 5 fully saturated rings. The summed E-state index contributed by atoms with van der Waals surface area (Å²) in [6, 6.07) is 0. The highest BCUT2D eigenvalue weighted by molar-refractivity contribution is 6.00. The highest BCUT2D eigenvalue weighted by atomic mass is 16.5. The summed E-state index contributed by atoms with van der Waals surface area (Å²) >= 11 is 0. The summed E-state index contributed by atoms with van der Waals surface area (Å²) in [5, 5.41) is 22.1. The van der Waals surface area contributed by atoms with Gasteiger partial charge in [0.2, 0.25) is 0 Å². The Labute approximate surface area is 321 Å². The molecule has 6 aliphatic rings. The molecule has 0 amide bonds. The van der Waals surface area contributed by atoms with Crippen LogP contribution in [0.1, 0.15) is 139 Å². The summed E-state index contributed by atoms with van der Waals surface area (Å²) in [6.45, 7) is 20.9. The van der Waals surface area contributed by atoms with E-state index in [1.807, 2.05) is 0 Å². The summed E-state index contributed by atoms with van der Waals surface area (Å²) in [4.78, 5) is 43.7. The molecule has 0 aliphatic heterocycles. The van der Waals surface area contributed by atoms with Gasteiger partial charge < -0.3 is 19.8 Å². The number of aliphatic hydroxyl groups is 1. The number of aliphatic carboxylic acids is 1. The number of esters is 1. The Balaban J connectivity index is 1.24. The van der Waals surface area contributed by atoms with Crippen molar-refractivity contribution in [2.24, 2.45) is 62.6 Å². The number of aliphatic hydroxyl groups excluding tert-OH is 1. The van der Waals surface area contributed by atoms with Crippen molar-refractivity contribution in [1.29, 1.82) is 0 Å². The second-order valence-corrected chi connectivity index (χ2v) is 21.3. The monoisotopic (exact) mass is 739 g/mol. The van der Waals surface area contributed by atoms with Crippen molar-refractivity contribution >= 4 is 17.7 Å². The third-order valence-electron chi connectivity index (χ3n) is 16.7. The summed E-state index contributed by atoms with van der Waals surface area (Å²) in [5.74, 6) is 1.56. The van der Waals surface area contributed by atoms with Crippen LogP contribution < -0.4 is 0 Å². The van der Waals surface area contributed by atoms with Crippen molar-refractivity contribution in [3.05, 3.63) is 11.1 Å². The van der Waals surface area contributed by atoms with Gasteiger partial charge in [0, 0.05) is 43.4 Å². The van der Waals surface area contributed by atoms with Gasteiger partial charge in [-0.3, -0.25) is 19.3 Å². The Morgan fingerprint density at radius 2 is 1.58 bits per heavy atom. The predicted molar refractivity (Wildman–Crippen MR) is 209 cm³/mol. The molecule has 0 radical (unpaired) electrons. The molecular weight excluding hydrogens is 665 g/mol. The van der Waals surface area contributed by atoms with Gasteiger partial charge in [-0.05, 0) is 144 Å². The second kappa shape index (κ2) is 14.6. The molecule has 0 spiro atoms. The van der Waals surface area contributed by atoms with Crippen molar-refractivity contribution in [3.8, 4) is 0 Å². The number of carboxylic acids is 1. The lowest BCUT2D eigenvalue weighted by Crippen LogP contribution is -2.63. The Morgan fingerprint density at radius 3 is 2.19 bits per heavy atom. The van der Waals surface area contributed by atoms with E-state index in [-0.39, 0.29) is 40.5 Å². The molecule has 0 aromatic heterocycles. The molecule has 8 nitrogen and oxygen atoms in total. The fourth-order valence-electron chi connectivity index (χ4n) is 13.7. The van der Waals surface area contributed by atoms with E-state index in [0.717, 1.165) is 82.5 Å². The van der Waals surface area contributed by atoms with Crippen LogP contribution in [-0.2, 0) is 19.1 Å². The van der Waals surface area contributed by atoms with E-state index in [2.05, 4.69) is 65.4 Å². The molecule has 300 valence electrons. The molecule has 5 saturated carbocycles. The van der Waals surface area contributed by atoms with E-state index in [1.54, 1.807) is 13.8 Å². The number of ether oxygens (including phenoxy) is 1. The van der Waals surface area contributed by atoms with E-state index in [4.69, 9.17) is 4.74 Å². The van der Waals surface area contributed by atoms with E-state index in [1.165, 1.54) is 24.8 Å². The molecular formula is C45H74N2O6. The summed E-state index contributed by atoms with van der Waals surface area (Å²) in [5.41, 5.74) is 0.839. The lowest BCUT2D eigenvalue weighted by molar-refractivity contribution is -0.214. The minimum Gasteiger partial charge on any atom is -0.481 e. The van der Waals surface area contributed by atoms with Gasteiger partial charge in [0.1, 0.15) is 6.10 Å². The molecule has 0 aromatic carbocycles. The number of ketones is 1. The number of carboxylic acid groups (broad SMARTS) is 1. The minimum absolute atomic E-state index is 0.105. The maximum Gasteiger partial charge on any atom is 0.309 e. The van der Waals surface area contributed by atoms with Gasteiger partial charge in [0.25, 0.3) is 0 Å². The molecule has 6 rings (SSSR count). The van der Waals surface area contributed by atoms with Crippen LogP contribution in [0.2, 0.25) is 0 Å². The molecule has 6 aliphatic carbocycles. The van der Waals surface area contributed by atoms with E-state index in [9.17, 15) is 24.6 Å². The summed E-state index contributed by atoms with van der Waals surface area (Å²) in [6.07, 6.45) is 11.7. The van der Waals surface area contributed by atoms with Crippen LogP contribution in [0, 0.1) is 62.6 Å². The first-order valence-corrected chi connectivity index (χ1v) is 21.4. The number of fused-ring (bicyclic) bond motifs is 7. The van der Waals surface area contributed by atoms with E-state index < -0.39 is 28.9 Å². The highest BCUT2D eigenvalue weighted by Gasteiger charge is 2.67. The van der Waals surface area contributed by atoms with Gasteiger partial charge in [0.15, 0.2) is 5.78 Å². The smallest absolute Gasteiger partial charge is 0.309 e. The van der Waals surface area contributed by atoms with Crippen molar-refractivity contribution in [2.75, 3.05) is 40.3 Å². The summed E-state index contributed by atoms with van der Waals surface area (Å²) in [7, 11) is 4.25. The molecule has 0 aromatic rings. The topological polar surface area (TPSA) is 107 Å². The normalized spacial score (nSPS) is 37.5. The first-order valence-electron chi connectivity index (χ1n) is 21.4. The summed E-state index contributed by atoms with van der Waals surface area (Å²) < 4.78 is 6.17. The third-order valence-corrected chi connectivity index (χ3v) is 16.7. The predicted octanol–water partition coefficient (Wildman–Crippen LogP) is 8.01. The molecule has 0 heterocycles. The zero-order chi connectivity index (χ0) is 38.9. The van der Waals surface area contributed by atoms with Crippen LogP contribution in [0.3, 0.4) is 0 Å². The third kappa shape index (κ3) is 7.11. The van der Waals surface area contributed by atoms with Crippen LogP contribution in [0.15, 0.2) is 11.1 Å². The lowest BCUT2D eigenvalue weighted by Gasteiger charge is -2.69. The van der Waals surface area contributed by atoms with Crippen molar-refractivity contribution < 1.29 is 29.3 Å². The Hall–Kier alpha value is -1.77. The SMILES string of the molecule is CC(C)C1=C2C3CCC4C(C)(CCC5C(C)(C)C(OC(=O)CC(C)(C)C(=O)O)CCC54C)C3CCC2(C(O)CN(CCN(C)C)CC2CCC2)CC1=O. The van der Waals surface area contributed by atoms with Crippen LogP contribution in [0.25, 0.3) is 0 Å². The minimum atomic E-state index is -1.15. The molecule has 8 heteroatoms. The number of Topliss-reactive ketones (excluding diaryl/α,β-unsaturated/α-hetero) is 1. The quantitative estimate of drug-likeness (QED) is 0.183. The molecule has 9 atom stereocenters. The number of hydrogen-bond acceptors (Lipinski definition) is 7. The van der Waals surface area contributed by atoms with Crippen LogP contribution in [0.5, 0.6) is 0 Å². The highest BCUT2D eigenvalue weighted by Crippen LogP contribution is 2.73. The molecule has 53 heavy (non-hydrogen) atoms. The maximum absolute atomic E-state index is 14.1. The molecule has 9 unspecified atom stereocenters. The van der Waals surface area contributed by atoms with Gasteiger partial charge in [0.05, 0.1) is 17.9 Å². The first-order chi connectivity index (χ1) is 24.7. The Kier molecular flexibility index (Phi) is 11.3. The van der Waals surface area contributed by atoms with Crippen LogP contribution in [-0.4, -0.2) is 90.2 Å². The number of nitrogens with zero attached hydrogens (tertiary/aromatic N) is 2. The number of rotatable bonds is 13. The molecule has 0 bridgehead atoms. The number of carbonyl (C=O) groups excluding carboxylic acids is 2. The van der Waals surface area contributed by atoms with Crippen molar-refractivity contribution in [3.63, 3.8) is 0 Å². The first kappa shape index (κ1) is 40.9. The standard InChI is InChI=1S/C45H74N2O6/c1-28(2)38-32(48)24-45(35(49)27-47(23-22-46(9)10)26-29-12-11-13-29)21-16-31-30(39(38)45)14-15-34-43(31,7)19-17-33-42(5,6)36(18-20-44(33,34)8)53-37(50)25-41(3,4)40(51)52/h28-31,33-36,49H,11-27H2,1-10H3,(H,51,52). The number of hydrogen-bond donors (Lipinski definition) is 2. The van der Waals surface area contributed by atoms with E-state index in [0.29, 0.717) is 36.6 Å². The van der Waals surface area contributed by atoms with Crippen LogP contribution in [0.4, 0.5) is 0 Å². The molecule has 2 N–H and O–H groups in total. The Bertz CT molecular complexity index is 1450. The average molecular weight is 739 g/mol. The fourth-order valence-corrected chi connectivity index (χ4v) is 13.7. The van der Waals surface area contributed by atoms with Gasteiger partial charge >= 0.3 is 11.9 Å². The number of likely N-dealkylation sites (N-methyl/N-ethyl adjacent to an activating group) is 1. The second-order valence-electron chi connectivity index (χ2n) is 21.3. The fraction of sp³-hybridized carbons (Fsp3) is 0.889. The van der Waals surface area contributed by atoms with Gasteiger partial charge in [-0.25, -0.2) is 0 Å². The lowest BCUT2D eigenvalue weighted by atomic mass is 9.36. The zero-order valence-electron chi connectivity index (χ0n) is 35.1. The van der Waals surface area contributed by atoms with Crippen molar-refractivity contribution in [1.82, 2.24) is 9.80 Å². The van der Waals surface area contributed by atoms with Gasteiger partial charge in [-0.1, -0.05) is 53.5 Å². The van der Waals surface area contributed by atoms with Crippen LogP contribution >= 0.6 is 0 Å². The number of allylic oxidation sites excluding steroid dienone is 1. The molecule has 0 saturated heterocycles.